The second-order valence-corrected chi connectivity index (χ2v) is 8.94. The number of anilines is 1. The number of benzene rings is 3. The molecule has 7 nitrogen and oxygen atoms in total. The molecule has 0 bridgehead atoms. The minimum Gasteiger partial charge on any atom is -0.508 e. The molecule has 35 heavy (non-hydrogen) atoms. The third-order valence-corrected chi connectivity index (χ3v) is 5.34. The van der Waals surface area contributed by atoms with Crippen molar-refractivity contribution in [3.05, 3.63) is 95.1 Å². The van der Waals surface area contributed by atoms with Crippen LogP contribution in [0.4, 0.5) is 5.69 Å². The molecule has 0 aromatic heterocycles. The van der Waals surface area contributed by atoms with Crippen molar-refractivity contribution in [1.29, 1.82) is 10.5 Å². The zero-order chi connectivity index (χ0) is 26.2. The summed E-state index contributed by atoms with van der Waals surface area (Å²) in [6.45, 7) is 7.13. The molecule has 0 spiro atoms. The number of phenols is 1. The number of phenolic OH excluding ortho intramolecular Hbond substituents is 1. The largest absolute Gasteiger partial charge is 0.508 e. The fraction of sp³-hybridized carbons (Fsp3) is 0.214. The Morgan fingerprint density at radius 3 is 1.74 bits per heavy atom. The van der Waals surface area contributed by atoms with E-state index in [0.717, 1.165) is 11.1 Å². The van der Waals surface area contributed by atoms with Crippen LogP contribution in [0.5, 0.6) is 5.75 Å². The first-order valence-electron chi connectivity index (χ1n) is 10.8. The lowest BCUT2D eigenvalue weighted by atomic mass is 9.85. The first-order valence-corrected chi connectivity index (χ1v) is 10.8. The first kappa shape index (κ1) is 26.6. The summed E-state index contributed by atoms with van der Waals surface area (Å²) in [5.41, 5.74) is 1.41. The molecule has 0 atom stereocenters. The van der Waals surface area contributed by atoms with Crippen LogP contribution < -0.4 is 5.32 Å². The summed E-state index contributed by atoms with van der Waals surface area (Å²) in [7, 11) is 0. The molecule has 0 saturated heterocycles. The van der Waals surface area contributed by atoms with Gasteiger partial charge in [-0.25, -0.2) is 4.79 Å². The van der Waals surface area contributed by atoms with Crippen LogP contribution in [0.3, 0.4) is 0 Å². The van der Waals surface area contributed by atoms with Gasteiger partial charge >= 0.3 is 5.97 Å². The standard InChI is InChI=1S/C17H16N2O2.C11H11NO2/c1-17(2,11-18)13-6-3-5-12(9-13)16(21)19-14-7-4-8-15(20)10-14;1-11(2,7-12)9-5-3-4-8(6-9)10(13)14/h3-10,20H,1-2H3,(H,19,21);3-6H,1-2H3,(H,13,14). The van der Waals surface area contributed by atoms with Crippen molar-refractivity contribution in [3.63, 3.8) is 0 Å². The van der Waals surface area contributed by atoms with Crippen LogP contribution in [0, 0.1) is 22.7 Å². The predicted octanol–water partition coefficient (Wildman–Crippen LogP) is 5.63. The maximum Gasteiger partial charge on any atom is 0.335 e. The van der Waals surface area contributed by atoms with Gasteiger partial charge in [0.1, 0.15) is 5.75 Å². The van der Waals surface area contributed by atoms with E-state index in [4.69, 9.17) is 15.6 Å². The van der Waals surface area contributed by atoms with Crippen molar-refractivity contribution in [3.8, 4) is 17.9 Å². The van der Waals surface area contributed by atoms with Gasteiger partial charge in [0.05, 0.1) is 28.5 Å². The third-order valence-electron chi connectivity index (χ3n) is 5.34. The van der Waals surface area contributed by atoms with Crippen molar-refractivity contribution in [1.82, 2.24) is 0 Å². The van der Waals surface area contributed by atoms with Gasteiger partial charge in [-0.05, 0) is 75.2 Å². The Morgan fingerprint density at radius 2 is 1.26 bits per heavy atom. The summed E-state index contributed by atoms with van der Waals surface area (Å²) in [4.78, 5) is 22.9. The fourth-order valence-corrected chi connectivity index (χ4v) is 3.01. The van der Waals surface area contributed by atoms with Crippen molar-refractivity contribution >= 4 is 17.6 Å². The SMILES string of the molecule is CC(C)(C#N)c1cccc(C(=O)Nc2cccc(O)c2)c1.CC(C)(C#N)c1cccc(C(=O)O)c1. The molecule has 3 aromatic carbocycles. The first-order chi connectivity index (χ1) is 16.4. The summed E-state index contributed by atoms with van der Waals surface area (Å²) in [6, 6.07) is 24.1. The minimum atomic E-state index is -0.972. The Balaban J connectivity index is 0.000000269. The maximum atomic E-state index is 12.2. The summed E-state index contributed by atoms with van der Waals surface area (Å²) in [6.07, 6.45) is 0. The normalized spacial score (nSPS) is 10.7. The van der Waals surface area contributed by atoms with E-state index >= 15 is 0 Å². The fourth-order valence-electron chi connectivity index (χ4n) is 3.01. The summed E-state index contributed by atoms with van der Waals surface area (Å²) in [5.74, 6) is -1.16. The number of carbonyl (C=O) groups is 2. The molecule has 0 unspecified atom stereocenters. The zero-order valence-electron chi connectivity index (χ0n) is 20.0. The molecule has 0 fully saturated rings. The Labute approximate surface area is 204 Å². The Kier molecular flexibility index (Phi) is 8.37. The predicted molar refractivity (Wildman–Crippen MR) is 133 cm³/mol. The molecule has 0 aliphatic rings. The van der Waals surface area contributed by atoms with Gasteiger partial charge in [-0.3, -0.25) is 4.79 Å². The van der Waals surface area contributed by atoms with E-state index in [2.05, 4.69) is 17.5 Å². The van der Waals surface area contributed by atoms with E-state index in [1.807, 2.05) is 6.07 Å². The molecule has 0 heterocycles. The number of hydrogen-bond acceptors (Lipinski definition) is 5. The van der Waals surface area contributed by atoms with Gasteiger partial charge in [-0.15, -0.1) is 0 Å². The third kappa shape index (κ3) is 7.18. The van der Waals surface area contributed by atoms with E-state index in [9.17, 15) is 14.7 Å². The Hall–Kier alpha value is -4.62. The molecular formula is C28H27N3O4. The number of nitriles is 2. The zero-order valence-corrected chi connectivity index (χ0v) is 20.0. The maximum absolute atomic E-state index is 12.2. The van der Waals surface area contributed by atoms with E-state index in [0.29, 0.717) is 11.3 Å². The monoisotopic (exact) mass is 469 g/mol. The van der Waals surface area contributed by atoms with Gasteiger partial charge in [0.2, 0.25) is 0 Å². The number of carboxylic acids is 1. The van der Waals surface area contributed by atoms with Crippen LogP contribution in [0.15, 0.2) is 72.8 Å². The molecule has 3 N–H and O–H groups in total. The average molecular weight is 470 g/mol. The number of carbonyl (C=O) groups excluding carboxylic acids is 1. The number of aromatic hydroxyl groups is 1. The number of rotatable bonds is 5. The van der Waals surface area contributed by atoms with Gasteiger partial charge in [0.15, 0.2) is 0 Å². The molecule has 3 rings (SSSR count). The molecule has 0 saturated carbocycles. The highest BCUT2D eigenvalue weighted by Crippen LogP contribution is 2.24. The highest BCUT2D eigenvalue weighted by Gasteiger charge is 2.21. The molecule has 0 aliphatic heterocycles. The van der Waals surface area contributed by atoms with E-state index in [1.54, 1.807) is 70.2 Å². The van der Waals surface area contributed by atoms with Crippen LogP contribution in [-0.2, 0) is 10.8 Å². The number of carboxylic acid groups (broad SMARTS) is 1. The molecule has 0 aliphatic carbocycles. The van der Waals surface area contributed by atoms with E-state index < -0.39 is 16.8 Å². The van der Waals surface area contributed by atoms with Crippen LogP contribution in [0.25, 0.3) is 0 Å². The number of amides is 1. The molecule has 7 heteroatoms. The smallest absolute Gasteiger partial charge is 0.335 e. The summed E-state index contributed by atoms with van der Waals surface area (Å²) in [5, 5.41) is 38.9. The average Bonchev–Trinajstić information content (AvgIpc) is 2.84. The molecule has 178 valence electrons. The minimum absolute atomic E-state index is 0.0900. The number of nitrogens with one attached hydrogen (secondary N) is 1. The number of hydrogen-bond donors (Lipinski definition) is 3. The second-order valence-electron chi connectivity index (χ2n) is 8.94. The summed E-state index contributed by atoms with van der Waals surface area (Å²) < 4.78 is 0. The van der Waals surface area contributed by atoms with E-state index in [1.165, 1.54) is 24.3 Å². The van der Waals surface area contributed by atoms with Gasteiger partial charge in [-0.2, -0.15) is 10.5 Å². The Bertz CT molecular complexity index is 1310. The molecule has 1 amide bonds. The lowest BCUT2D eigenvalue weighted by Gasteiger charge is -2.16. The van der Waals surface area contributed by atoms with Crippen LogP contribution >= 0.6 is 0 Å². The molecule has 3 aromatic rings. The lowest BCUT2D eigenvalue weighted by molar-refractivity contribution is 0.0696. The van der Waals surface area contributed by atoms with E-state index in [-0.39, 0.29) is 17.2 Å². The topological polar surface area (TPSA) is 134 Å². The van der Waals surface area contributed by atoms with Gasteiger partial charge in [0, 0.05) is 17.3 Å². The molecule has 0 radical (unpaired) electrons. The van der Waals surface area contributed by atoms with Crippen molar-refractivity contribution < 1.29 is 19.8 Å². The summed E-state index contributed by atoms with van der Waals surface area (Å²) >= 11 is 0. The van der Waals surface area contributed by atoms with Crippen LogP contribution in [0.2, 0.25) is 0 Å². The van der Waals surface area contributed by atoms with Crippen molar-refractivity contribution in [2.75, 3.05) is 5.32 Å². The molecular weight excluding hydrogens is 442 g/mol. The van der Waals surface area contributed by atoms with Gasteiger partial charge in [0.25, 0.3) is 5.91 Å². The van der Waals surface area contributed by atoms with Crippen LogP contribution in [0.1, 0.15) is 59.5 Å². The second kappa shape index (κ2) is 11.0. The number of nitrogens with zero attached hydrogens (tertiary/aromatic N) is 2. The lowest BCUT2D eigenvalue weighted by Crippen LogP contribution is -2.17. The Morgan fingerprint density at radius 1 is 0.771 bits per heavy atom. The van der Waals surface area contributed by atoms with Gasteiger partial charge in [-0.1, -0.05) is 30.3 Å². The quantitative estimate of drug-likeness (QED) is 0.443. The van der Waals surface area contributed by atoms with Crippen molar-refractivity contribution in [2.45, 2.75) is 38.5 Å². The number of aromatic carboxylic acids is 1. The highest BCUT2D eigenvalue weighted by atomic mass is 16.4. The van der Waals surface area contributed by atoms with Crippen LogP contribution in [-0.4, -0.2) is 22.1 Å². The van der Waals surface area contributed by atoms with Gasteiger partial charge < -0.3 is 15.5 Å². The highest BCUT2D eigenvalue weighted by molar-refractivity contribution is 6.04. The van der Waals surface area contributed by atoms with Crippen molar-refractivity contribution in [2.24, 2.45) is 0 Å².